The minimum absolute atomic E-state index is 0.103. The number of rotatable bonds is 3. The van der Waals surface area contributed by atoms with Crippen molar-refractivity contribution >= 4 is 0 Å². The van der Waals surface area contributed by atoms with Crippen LogP contribution in [-0.4, -0.2) is 15.8 Å². The average Bonchev–Trinajstić information content (AvgIpc) is 2.81. The Bertz CT molecular complexity index is 414. The Hall–Kier alpha value is -1.04. The molecule has 0 radical (unpaired) electrons. The molecule has 108 valence electrons. The van der Waals surface area contributed by atoms with Gasteiger partial charge in [-0.05, 0) is 25.2 Å². The fourth-order valence-electron chi connectivity index (χ4n) is 2.90. The van der Waals surface area contributed by atoms with Gasteiger partial charge in [0.25, 0.3) is 0 Å². The first-order chi connectivity index (χ1) is 8.91. The van der Waals surface area contributed by atoms with E-state index < -0.39 is 11.7 Å². The molecule has 3 unspecified atom stereocenters. The Kier molecular flexibility index (Phi) is 4.18. The van der Waals surface area contributed by atoms with Crippen molar-refractivity contribution in [1.29, 1.82) is 0 Å². The molecular weight excluding hydrogens is 255 g/mol. The predicted molar refractivity (Wildman–Crippen MR) is 66.5 cm³/mol. The largest absolute Gasteiger partial charge is 0.419 e. The fraction of sp³-hybridized carbons (Fsp3) is 0.769. The molecule has 3 nitrogen and oxygen atoms in total. The second kappa shape index (κ2) is 5.53. The lowest BCUT2D eigenvalue weighted by atomic mass is 9.80. The van der Waals surface area contributed by atoms with Crippen LogP contribution in [0.2, 0.25) is 0 Å². The highest BCUT2D eigenvalue weighted by atomic mass is 19.4. The van der Waals surface area contributed by atoms with E-state index in [0.29, 0.717) is 5.92 Å². The number of hydrogen-bond donors (Lipinski definition) is 1. The van der Waals surface area contributed by atoms with Crippen LogP contribution in [0, 0.1) is 5.92 Å². The van der Waals surface area contributed by atoms with Crippen LogP contribution in [0.25, 0.3) is 0 Å². The van der Waals surface area contributed by atoms with Crippen LogP contribution in [0.5, 0.6) is 0 Å². The molecule has 6 heteroatoms. The molecule has 0 aliphatic heterocycles. The third-order valence-electron chi connectivity index (χ3n) is 3.94. The van der Waals surface area contributed by atoms with Gasteiger partial charge in [-0.1, -0.05) is 19.8 Å². The lowest BCUT2D eigenvalue weighted by Crippen LogP contribution is -2.38. The SMILES string of the molecule is CCCC1CCC(N)C(n2cc(C(F)(F)F)cn2)C1. The maximum atomic E-state index is 12.6. The summed E-state index contributed by atoms with van der Waals surface area (Å²) >= 11 is 0. The minimum atomic E-state index is -4.33. The van der Waals surface area contributed by atoms with Crippen molar-refractivity contribution in [3.63, 3.8) is 0 Å². The fourth-order valence-corrected chi connectivity index (χ4v) is 2.90. The van der Waals surface area contributed by atoms with E-state index in [1.807, 2.05) is 0 Å². The summed E-state index contributed by atoms with van der Waals surface area (Å²) in [6, 6.07) is -0.213. The molecule has 2 rings (SSSR count). The first-order valence-electron chi connectivity index (χ1n) is 6.78. The van der Waals surface area contributed by atoms with Gasteiger partial charge in [0, 0.05) is 12.2 Å². The van der Waals surface area contributed by atoms with Gasteiger partial charge in [0.2, 0.25) is 0 Å². The number of aromatic nitrogens is 2. The summed E-state index contributed by atoms with van der Waals surface area (Å²) < 4.78 is 39.1. The summed E-state index contributed by atoms with van der Waals surface area (Å²) in [5.41, 5.74) is 5.35. The van der Waals surface area contributed by atoms with Crippen LogP contribution in [0.15, 0.2) is 12.4 Å². The zero-order chi connectivity index (χ0) is 14.0. The standard InChI is InChI=1S/C13H20F3N3/c1-2-3-9-4-5-11(17)12(6-9)19-8-10(7-18-19)13(14,15)16/h7-9,11-12H,2-6,17H2,1H3. The van der Waals surface area contributed by atoms with Gasteiger partial charge in [-0.25, -0.2) is 0 Å². The Morgan fingerprint density at radius 2 is 2.16 bits per heavy atom. The van der Waals surface area contributed by atoms with Crippen molar-refractivity contribution < 1.29 is 13.2 Å². The van der Waals surface area contributed by atoms with Crippen molar-refractivity contribution in [3.05, 3.63) is 18.0 Å². The van der Waals surface area contributed by atoms with Crippen LogP contribution in [0.1, 0.15) is 50.6 Å². The Balaban J connectivity index is 2.12. The monoisotopic (exact) mass is 275 g/mol. The normalized spacial score (nSPS) is 28.6. The smallest absolute Gasteiger partial charge is 0.326 e. The highest BCUT2D eigenvalue weighted by Gasteiger charge is 2.35. The van der Waals surface area contributed by atoms with Gasteiger partial charge in [0.15, 0.2) is 0 Å². The molecule has 0 amide bonds. The van der Waals surface area contributed by atoms with Crippen LogP contribution < -0.4 is 5.73 Å². The molecule has 0 aromatic carbocycles. The molecule has 1 aromatic heterocycles. The van der Waals surface area contributed by atoms with E-state index >= 15 is 0 Å². The third-order valence-corrected chi connectivity index (χ3v) is 3.94. The second-order valence-electron chi connectivity index (χ2n) is 5.41. The highest BCUT2D eigenvalue weighted by Crippen LogP contribution is 2.35. The van der Waals surface area contributed by atoms with Crippen LogP contribution in [-0.2, 0) is 6.18 Å². The minimum Gasteiger partial charge on any atom is -0.326 e. The number of nitrogens with two attached hydrogens (primary N) is 1. The third kappa shape index (κ3) is 3.29. The van der Waals surface area contributed by atoms with E-state index in [9.17, 15) is 13.2 Å². The average molecular weight is 275 g/mol. The Morgan fingerprint density at radius 3 is 2.74 bits per heavy atom. The van der Waals surface area contributed by atoms with Crippen LogP contribution >= 0.6 is 0 Å². The zero-order valence-electron chi connectivity index (χ0n) is 11.0. The van der Waals surface area contributed by atoms with Gasteiger partial charge in [-0.3, -0.25) is 4.68 Å². The van der Waals surface area contributed by atoms with Gasteiger partial charge in [0.1, 0.15) is 0 Å². The molecule has 0 bridgehead atoms. The summed E-state index contributed by atoms with van der Waals surface area (Å²) in [6.45, 7) is 2.12. The van der Waals surface area contributed by atoms with Gasteiger partial charge >= 0.3 is 6.18 Å². The lowest BCUT2D eigenvalue weighted by Gasteiger charge is -2.34. The Morgan fingerprint density at radius 1 is 1.42 bits per heavy atom. The number of halogens is 3. The van der Waals surface area contributed by atoms with Crippen LogP contribution in [0.4, 0.5) is 13.2 Å². The molecule has 1 aromatic rings. The molecule has 1 saturated carbocycles. The van der Waals surface area contributed by atoms with Crippen molar-refractivity contribution in [2.75, 3.05) is 0 Å². The molecule has 1 aliphatic rings. The summed E-state index contributed by atoms with van der Waals surface area (Å²) in [6.07, 6.45) is 2.59. The molecule has 1 heterocycles. The van der Waals surface area contributed by atoms with E-state index in [4.69, 9.17) is 5.73 Å². The maximum absolute atomic E-state index is 12.6. The maximum Gasteiger partial charge on any atom is 0.419 e. The lowest BCUT2D eigenvalue weighted by molar-refractivity contribution is -0.137. The molecule has 19 heavy (non-hydrogen) atoms. The molecule has 2 N–H and O–H groups in total. The quantitative estimate of drug-likeness (QED) is 0.919. The molecule has 0 saturated heterocycles. The topological polar surface area (TPSA) is 43.8 Å². The summed E-state index contributed by atoms with van der Waals surface area (Å²) in [7, 11) is 0. The summed E-state index contributed by atoms with van der Waals surface area (Å²) in [4.78, 5) is 0. The van der Waals surface area contributed by atoms with Gasteiger partial charge < -0.3 is 5.73 Å². The zero-order valence-corrected chi connectivity index (χ0v) is 11.0. The molecular formula is C13H20F3N3. The number of nitrogens with zero attached hydrogens (tertiary/aromatic N) is 2. The molecule has 0 spiro atoms. The van der Waals surface area contributed by atoms with E-state index in [0.717, 1.165) is 44.5 Å². The summed E-state index contributed by atoms with van der Waals surface area (Å²) in [5.74, 6) is 0.549. The Labute approximate surface area is 111 Å². The van der Waals surface area contributed by atoms with Crippen LogP contribution in [0.3, 0.4) is 0 Å². The van der Waals surface area contributed by atoms with Gasteiger partial charge in [-0.15, -0.1) is 0 Å². The van der Waals surface area contributed by atoms with E-state index in [2.05, 4.69) is 12.0 Å². The molecule has 1 aliphatic carbocycles. The number of hydrogen-bond acceptors (Lipinski definition) is 2. The van der Waals surface area contributed by atoms with E-state index in [-0.39, 0.29) is 12.1 Å². The van der Waals surface area contributed by atoms with Gasteiger partial charge in [0.05, 0.1) is 17.8 Å². The van der Waals surface area contributed by atoms with Crippen molar-refractivity contribution in [1.82, 2.24) is 9.78 Å². The predicted octanol–water partition coefficient (Wildman–Crippen LogP) is 3.37. The van der Waals surface area contributed by atoms with E-state index in [1.165, 1.54) is 4.68 Å². The first-order valence-corrected chi connectivity index (χ1v) is 6.78. The highest BCUT2D eigenvalue weighted by molar-refractivity contribution is 5.09. The molecule has 1 fully saturated rings. The van der Waals surface area contributed by atoms with E-state index in [1.54, 1.807) is 0 Å². The van der Waals surface area contributed by atoms with Crippen molar-refractivity contribution in [3.8, 4) is 0 Å². The van der Waals surface area contributed by atoms with Crippen molar-refractivity contribution in [2.45, 2.75) is 57.3 Å². The first kappa shape index (κ1) is 14.4. The number of alkyl halides is 3. The van der Waals surface area contributed by atoms with Crippen molar-refractivity contribution in [2.24, 2.45) is 11.7 Å². The van der Waals surface area contributed by atoms with Gasteiger partial charge in [-0.2, -0.15) is 18.3 Å². The summed E-state index contributed by atoms with van der Waals surface area (Å²) in [5, 5.41) is 3.87. The molecule has 3 atom stereocenters. The second-order valence-corrected chi connectivity index (χ2v) is 5.41.